The molecule has 0 aliphatic carbocycles. The third-order valence-electron chi connectivity index (χ3n) is 2.24. The summed E-state index contributed by atoms with van der Waals surface area (Å²) in [5.74, 6) is -2.82. The lowest BCUT2D eigenvalue weighted by Gasteiger charge is -2.04. The molecule has 0 spiro atoms. The van der Waals surface area contributed by atoms with E-state index in [9.17, 15) is 23.2 Å². The van der Waals surface area contributed by atoms with Crippen LogP contribution in [0.3, 0.4) is 0 Å². The maximum absolute atomic E-state index is 13.3. The van der Waals surface area contributed by atoms with Crippen LogP contribution in [0.1, 0.15) is 10.4 Å². The molecule has 0 atom stereocenters. The lowest BCUT2D eigenvalue weighted by molar-refractivity contribution is 0.102. The third-order valence-corrected chi connectivity index (χ3v) is 2.24. The van der Waals surface area contributed by atoms with Gasteiger partial charge in [-0.05, 0) is 12.1 Å². The smallest absolute Gasteiger partial charge is 0.316 e. The van der Waals surface area contributed by atoms with Crippen LogP contribution in [0.25, 0.3) is 0 Å². The highest BCUT2D eigenvalue weighted by Crippen LogP contribution is 2.10. The lowest BCUT2D eigenvalue weighted by Crippen LogP contribution is -2.26. The monoisotopic (exact) mass is 267 g/mol. The van der Waals surface area contributed by atoms with Gasteiger partial charge >= 0.3 is 5.69 Å². The molecule has 0 saturated heterocycles. The molecular formula is C11H7F2N3O3. The molecule has 0 bridgehead atoms. The molecule has 0 aliphatic heterocycles. The van der Waals surface area contributed by atoms with E-state index in [1.165, 1.54) is 0 Å². The van der Waals surface area contributed by atoms with Crippen LogP contribution in [-0.4, -0.2) is 15.9 Å². The van der Waals surface area contributed by atoms with E-state index in [2.05, 4.69) is 10.3 Å². The van der Waals surface area contributed by atoms with Crippen molar-refractivity contribution in [1.29, 1.82) is 0 Å². The zero-order valence-corrected chi connectivity index (χ0v) is 9.29. The lowest BCUT2D eigenvalue weighted by atomic mass is 10.2. The van der Waals surface area contributed by atoms with E-state index in [0.29, 0.717) is 6.07 Å². The molecule has 8 heteroatoms. The first-order valence-electron chi connectivity index (χ1n) is 5.06. The molecule has 3 N–H and O–H groups in total. The number of aromatic nitrogens is 2. The number of amides is 1. The van der Waals surface area contributed by atoms with Gasteiger partial charge in [0.15, 0.2) is 0 Å². The maximum atomic E-state index is 13.3. The molecule has 0 fully saturated rings. The van der Waals surface area contributed by atoms with Crippen molar-refractivity contribution in [2.75, 3.05) is 5.32 Å². The summed E-state index contributed by atoms with van der Waals surface area (Å²) in [5, 5.41) is 2.10. The minimum absolute atomic E-state index is 0.256. The molecule has 1 amide bonds. The van der Waals surface area contributed by atoms with Crippen LogP contribution in [0.5, 0.6) is 0 Å². The molecule has 19 heavy (non-hydrogen) atoms. The van der Waals surface area contributed by atoms with Gasteiger partial charge in [-0.2, -0.15) is 0 Å². The van der Waals surface area contributed by atoms with Gasteiger partial charge in [0.25, 0.3) is 11.5 Å². The van der Waals surface area contributed by atoms with Gasteiger partial charge in [-0.15, -0.1) is 0 Å². The first-order valence-corrected chi connectivity index (χ1v) is 5.06. The van der Waals surface area contributed by atoms with Crippen molar-refractivity contribution < 1.29 is 13.6 Å². The number of rotatable bonds is 2. The number of hydrogen-bond donors (Lipinski definition) is 3. The van der Waals surface area contributed by atoms with Gasteiger partial charge in [-0.3, -0.25) is 14.6 Å². The minimum Gasteiger partial charge on any atom is -0.316 e. The van der Waals surface area contributed by atoms with Crippen LogP contribution in [0.2, 0.25) is 0 Å². The largest absolute Gasteiger partial charge is 0.325 e. The van der Waals surface area contributed by atoms with E-state index in [0.717, 1.165) is 18.3 Å². The van der Waals surface area contributed by atoms with Gasteiger partial charge in [0, 0.05) is 12.3 Å². The van der Waals surface area contributed by atoms with Gasteiger partial charge in [0.05, 0.1) is 5.56 Å². The minimum atomic E-state index is -1.06. The molecule has 1 aromatic heterocycles. The Kier molecular flexibility index (Phi) is 3.23. The van der Waals surface area contributed by atoms with E-state index in [1.807, 2.05) is 4.98 Å². The summed E-state index contributed by atoms with van der Waals surface area (Å²) in [6.45, 7) is 0. The van der Waals surface area contributed by atoms with Crippen molar-refractivity contribution in [3.05, 3.63) is 62.4 Å². The number of nitrogens with one attached hydrogen (secondary N) is 3. The zero-order valence-electron chi connectivity index (χ0n) is 9.29. The standard InChI is InChI=1S/C11H7F2N3O3/c12-5-1-2-6(7(13)3-5)9(17)15-8-4-14-11(19)16-10(8)18/h1-4H,(H,15,17)(H2,14,16,18,19). The van der Waals surface area contributed by atoms with Gasteiger partial charge in [0.1, 0.15) is 17.3 Å². The van der Waals surface area contributed by atoms with E-state index in [1.54, 1.807) is 0 Å². The average Bonchev–Trinajstić information content (AvgIpc) is 2.32. The molecule has 0 saturated carbocycles. The van der Waals surface area contributed by atoms with Crippen LogP contribution in [-0.2, 0) is 0 Å². The Morgan fingerprint density at radius 1 is 1.21 bits per heavy atom. The quantitative estimate of drug-likeness (QED) is 0.743. The van der Waals surface area contributed by atoms with E-state index in [-0.39, 0.29) is 5.69 Å². The Hall–Kier alpha value is -2.77. The molecule has 1 aromatic carbocycles. The maximum Gasteiger partial charge on any atom is 0.325 e. The summed E-state index contributed by atoms with van der Waals surface area (Å²) >= 11 is 0. The molecule has 0 radical (unpaired) electrons. The zero-order chi connectivity index (χ0) is 14.0. The van der Waals surface area contributed by atoms with Crippen LogP contribution >= 0.6 is 0 Å². The highest BCUT2D eigenvalue weighted by molar-refractivity contribution is 6.04. The second kappa shape index (κ2) is 4.84. The number of carbonyl (C=O) groups excluding carboxylic acids is 1. The number of aromatic amines is 2. The molecule has 2 rings (SSSR count). The van der Waals surface area contributed by atoms with Gasteiger partial charge in [-0.1, -0.05) is 0 Å². The van der Waals surface area contributed by atoms with Gasteiger partial charge in [0.2, 0.25) is 0 Å². The second-order valence-electron chi connectivity index (χ2n) is 3.56. The Bertz CT molecular complexity index is 751. The fourth-order valence-corrected chi connectivity index (χ4v) is 1.37. The first kappa shape index (κ1) is 12.7. The summed E-state index contributed by atoms with van der Waals surface area (Å²) < 4.78 is 26.0. The van der Waals surface area contributed by atoms with Gasteiger partial charge < -0.3 is 10.3 Å². The van der Waals surface area contributed by atoms with Crippen molar-refractivity contribution in [2.45, 2.75) is 0 Å². The summed E-state index contributed by atoms with van der Waals surface area (Å²) in [4.78, 5) is 37.8. The summed E-state index contributed by atoms with van der Waals surface area (Å²) in [5.41, 5.74) is -2.25. The Morgan fingerprint density at radius 3 is 2.58 bits per heavy atom. The van der Waals surface area contributed by atoms with Crippen LogP contribution in [0, 0.1) is 11.6 Å². The normalized spacial score (nSPS) is 10.2. The highest BCUT2D eigenvalue weighted by Gasteiger charge is 2.14. The topological polar surface area (TPSA) is 94.8 Å². The Morgan fingerprint density at radius 2 is 1.95 bits per heavy atom. The predicted molar refractivity (Wildman–Crippen MR) is 62.0 cm³/mol. The van der Waals surface area contributed by atoms with Crippen LogP contribution in [0.4, 0.5) is 14.5 Å². The molecule has 6 nitrogen and oxygen atoms in total. The molecule has 0 unspecified atom stereocenters. The second-order valence-corrected chi connectivity index (χ2v) is 3.56. The Labute approximate surface area is 104 Å². The SMILES string of the molecule is O=C(Nc1c[nH]c(=O)[nH]c1=O)c1ccc(F)cc1F. The fourth-order valence-electron chi connectivity index (χ4n) is 1.37. The van der Waals surface area contributed by atoms with E-state index < -0.39 is 34.4 Å². The number of carbonyl (C=O) groups is 1. The number of H-pyrrole nitrogens is 2. The highest BCUT2D eigenvalue weighted by atomic mass is 19.1. The fraction of sp³-hybridized carbons (Fsp3) is 0. The first-order chi connectivity index (χ1) is 8.97. The van der Waals surface area contributed by atoms with Crippen molar-refractivity contribution in [2.24, 2.45) is 0 Å². The molecular weight excluding hydrogens is 260 g/mol. The number of anilines is 1. The molecule has 2 aromatic rings. The van der Waals surface area contributed by atoms with Crippen molar-refractivity contribution in [3.63, 3.8) is 0 Å². The predicted octanol–water partition coefficient (Wildman–Crippen LogP) is 0.594. The van der Waals surface area contributed by atoms with Gasteiger partial charge in [-0.25, -0.2) is 13.6 Å². The van der Waals surface area contributed by atoms with Crippen LogP contribution < -0.4 is 16.6 Å². The van der Waals surface area contributed by atoms with E-state index >= 15 is 0 Å². The third kappa shape index (κ3) is 2.73. The molecule has 1 heterocycles. The summed E-state index contributed by atoms with van der Waals surface area (Å²) in [6, 6.07) is 2.40. The summed E-state index contributed by atoms with van der Waals surface area (Å²) in [6.07, 6.45) is 0.973. The molecule has 98 valence electrons. The van der Waals surface area contributed by atoms with Crippen molar-refractivity contribution >= 4 is 11.6 Å². The number of hydrogen-bond acceptors (Lipinski definition) is 3. The van der Waals surface area contributed by atoms with Crippen molar-refractivity contribution in [1.82, 2.24) is 9.97 Å². The molecule has 0 aliphatic rings. The van der Waals surface area contributed by atoms with Crippen LogP contribution in [0.15, 0.2) is 34.0 Å². The average molecular weight is 267 g/mol. The van der Waals surface area contributed by atoms with Crippen molar-refractivity contribution in [3.8, 4) is 0 Å². The number of halogens is 2. The van der Waals surface area contributed by atoms with E-state index in [4.69, 9.17) is 0 Å². The summed E-state index contributed by atoms with van der Waals surface area (Å²) in [7, 11) is 0. The number of benzene rings is 1. The Balaban J connectivity index is 2.30.